The standard InChI is InChI=1S/C23H16BrFN2O3/c24-19-9-14(3-8-20(19)29-12-13-1-4-15(25)5-2-13)22-17-7-6-16(28)10-21(17)30-23(27)18(22)11-26/h1-10,22,28H,12,27H2/t22-/m0/s1. The van der Waals surface area contributed by atoms with Gasteiger partial charge in [-0.3, -0.25) is 0 Å². The first kappa shape index (κ1) is 19.8. The van der Waals surface area contributed by atoms with Gasteiger partial charge in [-0.15, -0.1) is 0 Å². The maximum Gasteiger partial charge on any atom is 0.205 e. The Morgan fingerprint density at radius 2 is 1.90 bits per heavy atom. The van der Waals surface area contributed by atoms with Crippen LogP contribution in [0, 0.1) is 17.1 Å². The number of allylic oxidation sites excluding steroid dienone is 1. The maximum atomic E-state index is 13.0. The Labute approximate surface area is 180 Å². The van der Waals surface area contributed by atoms with Crippen molar-refractivity contribution in [2.24, 2.45) is 5.73 Å². The number of hydrogen-bond acceptors (Lipinski definition) is 5. The number of nitrogens with two attached hydrogens (primary N) is 1. The molecule has 30 heavy (non-hydrogen) atoms. The van der Waals surface area contributed by atoms with Gasteiger partial charge in [0, 0.05) is 11.6 Å². The summed E-state index contributed by atoms with van der Waals surface area (Å²) in [5, 5.41) is 19.4. The Bertz CT molecular complexity index is 1190. The van der Waals surface area contributed by atoms with Gasteiger partial charge in [0.2, 0.25) is 5.88 Å². The third-order valence-corrected chi connectivity index (χ3v) is 5.42. The van der Waals surface area contributed by atoms with Gasteiger partial charge in [0.25, 0.3) is 0 Å². The van der Waals surface area contributed by atoms with Crippen LogP contribution in [0.1, 0.15) is 22.6 Å². The predicted octanol–water partition coefficient (Wildman–Crippen LogP) is 5.09. The van der Waals surface area contributed by atoms with Crippen LogP contribution < -0.4 is 15.2 Å². The highest BCUT2D eigenvalue weighted by atomic mass is 79.9. The lowest BCUT2D eigenvalue weighted by atomic mass is 9.83. The molecular formula is C23H16BrFN2O3. The van der Waals surface area contributed by atoms with Crippen molar-refractivity contribution in [3.8, 4) is 23.3 Å². The molecule has 1 aliphatic rings. The van der Waals surface area contributed by atoms with Gasteiger partial charge < -0.3 is 20.3 Å². The molecular weight excluding hydrogens is 451 g/mol. The second kappa shape index (κ2) is 8.09. The Morgan fingerprint density at radius 3 is 2.60 bits per heavy atom. The van der Waals surface area contributed by atoms with Gasteiger partial charge in [0.05, 0.1) is 10.4 Å². The molecule has 3 N–H and O–H groups in total. The van der Waals surface area contributed by atoms with Gasteiger partial charge in [-0.2, -0.15) is 5.26 Å². The minimum absolute atomic E-state index is 0.00774. The van der Waals surface area contributed by atoms with Crippen molar-refractivity contribution in [3.63, 3.8) is 0 Å². The smallest absolute Gasteiger partial charge is 0.205 e. The van der Waals surface area contributed by atoms with Crippen LogP contribution >= 0.6 is 15.9 Å². The maximum absolute atomic E-state index is 13.0. The highest BCUT2D eigenvalue weighted by Gasteiger charge is 2.31. The number of hydrogen-bond donors (Lipinski definition) is 2. The van der Waals surface area contributed by atoms with Crippen LogP contribution in [0.4, 0.5) is 4.39 Å². The van der Waals surface area contributed by atoms with Crippen molar-refractivity contribution in [1.29, 1.82) is 5.26 Å². The average molecular weight is 467 g/mol. The summed E-state index contributed by atoms with van der Waals surface area (Å²) in [6.45, 7) is 0.286. The van der Waals surface area contributed by atoms with E-state index in [0.29, 0.717) is 21.5 Å². The van der Waals surface area contributed by atoms with E-state index in [0.717, 1.165) is 16.7 Å². The first-order valence-corrected chi connectivity index (χ1v) is 9.82. The van der Waals surface area contributed by atoms with E-state index >= 15 is 0 Å². The SMILES string of the molecule is N#CC1=C(N)Oc2cc(O)ccc2[C@@H]1c1ccc(OCc2ccc(F)cc2)c(Br)c1. The second-order valence-electron chi connectivity index (χ2n) is 6.75. The number of ether oxygens (including phenoxy) is 2. The first-order chi connectivity index (χ1) is 14.5. The van der Waals surface area contributed by atoms with Crippen LogP contribution in [-0.2, 0) is 6.61 Å². The van der Waals surface area contributed by atoms with E-state index < -0.39 is 5.92 Å². The number of nitriles is 1. The van der Waals surface area contributed by atoms with Crippen LogP contribution in [0.15, 0.2) is 76.6 Å². The first-order valence-electron chi connectivity index (χ1n) is 9.03. The van der Waals surface area contributed by atoms with Gasteiger partial charge in [-0.05, 0) is 57.4 Å². The molecule has 0 unspecified atom stereocenters. The van der Waals surface area contributed by atoms with Gasteiger partial charge in [0.15, 0.2) is 0 Å². The lowest BCUT2D eigenvalue weighted by Gasteiger charge is -2.26. The minimum atomic E-state index is -0.443. The molecule has 1 heterocycles. The van der Waals surface area contributed by atoms with Crippen molar-refractivity contribution in [2.75, 3.05) is 0 Å². The normalized spacial score (nSPS) is 15.2. The number of phenolic OH excluding ortho intramolecular Hbond substituents is 1. The van der Waals surface area contributed by atoms with Crippen LogP contribution in [0.2, 0.25) is 0 Å². The molecule has 5 nitrogen and oxygen atoms in total. The average Bonchev–Trinajstić information content (AvgIpc) is 2.73. The van der Waals surface area contributed by atoms with E-state index in [1.54, 1.807) is 30.3 Å². The molecule has 0 amide bonds. The van der Waals surface area contributed by atoms with E-state index in [1.807, 2.05) is 12.1 Å². The third kappa shape index (κ3) is 3.82. The van der Waals surface area contributed by atoms with Crippen molar-refractivity contribution < 1.29 is 19.0 Å². The number of rotatable bonds is 4. The van der Waals surface area contributed by atoms with E-state index in [2.05, 4.69) is 22.0 Å². The number of aromatic hydroxyl groups is 1. The summed E-state index contributed by atoms with van der Waals surface area (Å²) in [5.41, 5.74) is 8.63. The van der Waals surface area contributed by atoms with Crippen LogP contribution in [0.3, 0.4) is 0 Å². The Morgan fingerprint density at radius 1 is 1.13 bits per heavy atom. The molecule has 4 rings (SSSR count). The fraction of sp³-hybridized carbons (Fsp3) is 0.0870. The highest BCUT2D eigenvalue weighted by Crippen LogP contribution is 2.44. The number of fused-ring (bicyclic) bond motifs is 1. The lowest BCUT2D eigenvalue weighted by molar-refractivity contribution is 0.304. The Hall–Kier alpha value is -3.50. The molecule has 0 spiro atoms. The molecule has 1 atom stereocenters. The Kier molecular flexibility index (Phi) is 5.34. The van der Waals surface area contributed by atoms with Crippen molar-refractivity contribution in [2.45, 2.75) is 12.5 Å². The molecule has 0 fully saturated rings. The van der Waals surface area contributed by atoms with Gasteiger partial charge >= 0.3 is 0 Å². The molecule has 0 saturated heterocycles. The van der Waals surface area contributed by atoms with Gasteiger partial charge in [-0.25, -0.2) is 4.39 Å². The van der Waals surface area contributed by atoms with E-state index in [1.165, 1.54) is 18.2 Å². The number of benzene rings is 3. The summed E-state index contributed by atoms with van der Waals surface area (Å²) < 4.78 is 25.1. The Balaban J connectivity index is 1.65. The van der Waals surface area contributed by atoms with E-state index in [9.17, 15) is 14.8 Å². The monoisotopic (exact) mass is 466 g/mol. The summed E-state index contributed by atoms with van der Waals surface area (Å²) in [5.74, 6) is 0.331. The molecule has 3 aromatic rings. The number of nitrogens with zero attached hydrogens (tertiary/aromatic N) is 1. The number of phenols is 1. The largest absolute Gasteiger partial charge is 0.508 e. The van der Waals surface area contributed by atoms with E-state index in [-0.39, 0.29) is 24.1 Å². The minimum Gasteiger partial charge on any atom is -0.508 e. The molecule has 3 aromatic carbocycles. The van der Waals surface area contributed by atoms with Crippen LogP contribution in [0.25, 0.3) is 0 Å². The van der Waals surface area contributed by atoms with Crippen molar-refractivity contribution in [3.05, 3.63) is 99.1 Å². The molecule has 0 aromatic heterocycles. The fourth-order valence-corrected chi connectivity index (χ4v) is 3.85. The molecule has 0 aliphatic carbocycles. The zero-order valence-electron chi connectivity index (χ0n) is 15.6. The van der Waals surface area contributed by atoms with Crippen LogP contribution in [-0.4, -0.2) is 5.11 Å². The molecule has 1 aliphatic heterocycles. The zero-order chi connectivity index (χ0) is 21.3. The molecule has 0 saturated carbocycles. The summed E-state index contributed by atoms with van der Waals surface area (Å²) in [6, 6.07) is 18.5. The molecule has 0 radical (unpaired) electrons. The highest BCUT2D eigenvalue weighted by molar-refractivity contribution is 9.10. The quantitative estimate of drug-likeness (QED) is 0.558. The summed E-state index contributed by atoms with van der Waals surface area (Å²) in [6.07, 6.45) is 0. The predicted molar refractivity (Wildman–Crippen MR) is 112 cm³/mol. The summed E-state index contributed by atoms with van der Waals surface area (Å²) in [4.78, 5) is 0. The lowest BCUT2D eigenvalue weighted by Crippen LogP contribution is -2.21. The molecule has 0 bridgehead atoms. The topological polar surface area (TPSA) is 88.5 Å². The third-order valence-electron chi connectivity index (χ3n) is 4.80. The fourth-order valence-electron chi connectivity index (χ4n) is 3.34. The van der Waals surface area contributed by atoms with E-state index in [4.69, 9.17) is 15.2 Å². The van der Waals surface area contributed by atoms with Crippen molar-refractivity contribution in [1.82, 2.24) is 0 Å². The number of halogens is 2. The summed E-state index contributed by atoms with van der Waals surface area (Å²) in [7, 11) is 0. The zero-order valence-corrected chi connectivity index (χ0v) is 17.2. The summed E-state index contributed by atoms with van der Waals surface area (Å²) >= 11 is 3.52. The molecule has 150 valence electrons. The molecule has 7 heteroatoms. The van der Waals surface area contributed by atoms with Crippen LogP contribution in [0.5, 0.6) is 17.2 Å². The van der Waals surface area contributed by atoms with Gasteiger partial charge in [0.1, 0.15) is 41.3 Å². The van der Waals surface area contributed by atoms with Gasteiger partial charge in [-0.1, -0.05) is 24.3 Å². The van der Waals surface area contributed by atoms with Crippen molar-refractivity contribution >= 4 is 15.9 Å². The second-order valence-corrected chi connectivity index (χ2v) is 7.61.